The lowest BCUT2D eigenvalue weighted by molar-refractivity contribution is 1.67. The highest BCUT2D eigenvalue weighted by Gasteiger charge is 2.03. The van der Waals surface area contributed by atoms with Crippen molar-refractivity contribution in [1.29, 1.82) is 0 Å². The summed E-state index contributed by atoms with van der Waals surface area (Å²) in [6, 6.07) is 30.9. The highest BCUT2D eigenvalue weighted by molar-refractivity contribution is 5.98. The molecule has 4 rings (SSSR count). The van der Waals surface area contributed by atoms with Crippen LogP contribution in [0.15, 0.2) is 78.9 Å². The average Bonchev–Trinajstić information content (AvgIpc) is 2.54. The van der Waals surface area contributed by atoms with Gasteiger partial charge in [-0.2, -0.15) is 0 Å². The highest BCUT2D eigenvalue weighted by atomic mass is 14.1. The number of fused-ring (bicyclic) bond motifs is 2. The van der Waals surface area contributed by atoms with Gasteiger partial charge in [-0.25, -0.2) is 0 Å². The predicted octanol–water partition coefficient (Wildman–Crippen LogP) is 5.46. The van der Waals surface area contributed by atoms with Crippen LogP contribution in [0.3, 0.4) is 0 Å². The van der Waals surface area contributed by atoms with Gasteiger partial charge in [0.2, 0.25) is 0 Å². The lowest BCUT2D eigenvalue weighted by Crippen LogP contribution is -1.82. The molecule has 0 heteroatoms. The summed E-state index contributed by atoms with van der Waals surface area (Å²) in [5.74, 6) is 0. The van der Waals surface area contributed by atoms with E-state index in [1.165, 1.54) is 32.7 Å². The second kappa shape index (κ2) is 4.50. The molecule has 1 radical (unpaired) electrons. The third kappa shape index (κ3) is 1.78. The van der Waals surface area contributed by atoms with Crippen LogP contribution in [0, 0.1) is 6.07 Å². The first-order valence-corrected chi connectivity index (χ1v) is 6.80. The Morgan fingerprint density at radius 1 is 0.650 bits per heavy atom. The first-order chi connectivity index (χ1) is 9.92. The summed E-state index contributed by atoms with van der Waals surface area (Å²) in [7, 11) is 0. The molecule has 0 amide bonds. The lowest BCUT2D eigenvalue weighted by atomic mass is 9.96. The third-order valence-corrected chi connectivity index (χ3v) is 3.79. The molecule has 0 aliphatic carbocycles. The van der Waals surface area contributed by atoms with Crippen molar-refractivity contribution in [1.82, 2.24) is 0 Å². The number of hydrogen-bond acceptors (Lipinski definition) is 0. The fourth-order valence-corrected chi connectivity index (χ4v) is 2.77. The SMILES string of the molecule is [c]1ccc2c(-c3ccc4ccccc4c3)cccc2c1. The van der Waals surface area contributed by atoms with Crippen molar-refractivity contribution >= 4 is 21.5 Å². The van der Waals surface area contributed by atoms with Crippen molar-refractivity contribution < 1.29 is 0 Å². The Morgan fingerprint density at radius 3 is 2.45 bits per heavy atom. The standard InChI is InChI=1S/C20H13/c1-2-8-17-14-18(13-12-15(17)6-1)20-11-5-9-16-7-3-4-10-19(16)20/h1-2,4-14H. The first kappa shape index (κ1) is 11.2. The normalized spacial score (nSPS) is 11.0. The molecule has 0 fully saturated rings. The summed E-state index contributed by atoms with van der Waals surface area (Å²) < 4.78 is 0. The van der Waals surface area contributed by atoms with Gasteiger partial charge < -0.3 is 0 Å². The Labute approximate surface area is 118 Å². The minimum atomic E-state index is 1.23. The maximum atomic E-state index is 3.14. The van der Waals surface area contributed by atoms with E-state index in [1.807, 2.05) is 12.1 Å². The van der Waals surface area contributed by atoms with Crippen molar-refractivity contribution in [2.75, 3.05) is 0 Å². The fourth-order valence-electron chi connectivity index (χ4n) is 2.77. The van der Waals surface area contributed by atoms with Crippen molar-refractivity contribution in [3.05, 3.63) is 84.9 Å². The lowest BCUT2D eigenvalue weighted by Gasteiger charge is -2.08. The zero-order chi connectivity index (χ0) is 13.4. The van der Waals surface area contributed by atoms with Gasteiger partial charge in [0.25, 0.3) is 0 Å². The smallest absolute Gasteiger partial charge is 0.0105 e. The second-order valence-corrected chi connectivity index (χ2v) is 5.01. The molecule has 0 saturated carbocycles. The van der Waals surface area contributed by atoms with Crippen LogP contribution in [-0.4, -0.2) is 0 Å². The summed E-state index contributed by atoms with van der Waals surface area (Å²) in [5, 5.41) is 5.08. The molecule has 4 aromatic rings. The molecular weight excluding hydrogens is 240 g/mol. The molecule has 0 aromatic heterocycles. The minimum Gasteiger partial charge on any atom is -0.0616 e. The molecular formula is C20H13. The van der Waals surface area contributed by atoms with E-state index in [9.17, 15) is 0 Å². The Bertz CT molecular complexity index is 898. The van der Waals surface area contributed by atoms with Crippen LogP contribution in [0.1, 0.15) is 0 Å². The van der Waals surface area contributed by atoms with E-state index in [0.29, 0.717) is 0 Å². The van der Waals surface area contributed by atoms with Gasteiger partial charge in [-0.1, -0.05) is 66.7 Å². The predicted molar refractivity (Wildman–Crippen MR) is 85.7 cm³/mol. The number of hydrogen-bond donors (Lipinski definition) is 0. The van der Waals surface area contributed by atoms with Crippen LogP contribution in [-0.2, 0) is 0 Å². The van der Waals surface area contributed by atoms with Crippen LogP contribution in [0.25, 0.3) is 32.7 Å². The Morgan fingerprint density at radius 2 is 1.50 bits per heavy atom. The highest BCUT2D eigenvalue weighted by Crippen LogP contribution is 2.30. The van der Waals surface area contributed by atoms with Gasteiger partial charge in [0.15, 0.2) is 0 Å². The number of benzene rings is 4. The van der Waals surface area contributed by atoms with E-state index in [-0.39, 0.29) is 0 Å². The maximum absolute atomic E-state index is 3.14. The molecule has 0 aliphatic heterocycles. The zero-order valence-electron chi connectivity index (χ0n) is 11.0. The van der Waals surface area contributed by atoms with Crippen LogP contribution >= 0.6 is 0 Å². The largest absolute Gasteiger partial charge is 0.0616 e. The molecule has 0 saturated heterocycles. The van der Waals surface area contributed by atoms with Crippen LogP contribution in [0.4, 0.5) is 0 Å². The Kier molecular flexibility index (Phi) is 2.53. The van der Waals surface area contributed by atoms with Gasteiger partial charge in [0, 0.05) is 0 Å². The monoisotopic (exact) mass is 253 g/mol. The van der Waals surface area contributed by atoms with Gasteiger partial charge in [-0.15, -0.1) is 0 Å². The first-order valence-electron chi connectivity index (χ1n) is 6.80. The Hall–Kier alpha value is -2.60. The molecule has 0 unspecified atom stereocenters. The molecule has 0 bridgehead atoms. The van der Waals surface area contributed by atoms with Crippen LogP contribution in [0.2, 0.25) is 0 Å². The van der Waals surface area contributed by atoms with E-state index in [1.54, 1.807) is 0 Å². The topological polar surface area (TPSA) is 0 Å². The maximum Gasteiger partial charge on any atom is -0.0105 e. The van der Waals surface area contributed by atoms with Gasteiger partial charge in [-0.05, 0) is 50.9 Å². The quantitative estimate of drug-likeness (QED) is 0.422. The average molecular weight is 253 g/mol. The molecule has 0 atom stereocenters. The van der Waals surface area contributed by atoms with Gasteiger partial charge >= 0.3 is 0 Å². The molecule has 0 spiro atoms. The third-order valence-electron chi connectivity index (χ3n) is 3.79. The van der Waals surface area contributed by atoms with E-state index < -0.39 is 0 Å². The van der Waals surface area contributed by atoms with E-state index in [2.05, 4.69) is 72.8 Å². The van der Waals surface area contributed by atoms with Crippen molar-refractivity contribution in [2.45, 2.75) is 0 Å². The summed E-state index contributed by atoms with van der Waals surface area (Å²) in [6.07, 6.45) is 0. The van der Waals surface area contributed by atoms with Crippen molar-refractivity contribution in [3.8, 4) is 11.1 Å². The molecule has 0 N–H and O–H groups in total. The van der Waals surface area contributed by atoms with Gasteiger partial charge in [0.1, 0.15) is 0 Å². The fraction of sp³-hybridized carbons (Fsp3) is 0. The molecule has 20 heavy (non-hydrogen) atoms. The van der Waals surface area contributed by atoms with E-state index in [0.717, 1.165) is 0 Å². The molecule has 93 valence electrons. The summed E-state index contributed by atoms with van der Waals surface area (Å²) in [6.45, 7) is 0. The molecule has 4 aromatic carbocycles. The van der Waals surface area contributed by atoms with Gasteiger partial charge in [0.05, 0.1) is 0 Å². The second-order valence-electron chi connectivity index (χ2n) is 5.01. The van der Waals surface area contributed by atoms with Gasteiger partial charge in [-0.3, -0.25) is 0 Å². The molecule has 0 nitrogen and oxygen atoms in total. The van der Waals surface area contributed by atoms with Crippen molar-refractivity contribution in [2.24, 2.45) is 0 Å². The van der Waals surface area contributed by atoms with E-state index >= 15 is 0 Å². The number of rotatable bonds is 1. The molecule has 0 aliphatic rings. The Balaban J connectivity index is 2.01. The van der Waals surface area contributed by atoms with E-state index in [4.69, 9.17) is 0 Å². The minimum absolute atomic E-state index is 1.23. The summed E-state index contributed by atoms with van der Waals surface area (Å²) >= 11 is 0. The zero-order valence-corrected chi connectivity index (χ0v) is 11.0. The van der Waals surface area contributed by atoms with Crippen LogP contribution in [0.5, 0.6) is 0 Å². The van der Waals surface area contributed by atoms with Crippen molar-refractivity contribution in [3.63, 3.8) is 0 Å². The molecule has 0 heterocycles. The summed E-state index contributed by atoms with van der Waals surface area (Å²) in [5.41, 5.74) is 2.54. The summed E-state index contributed by atoms with van der Waals surface area (Å²) in [4.78, 5) is 0. The van der Waals surface area contributed by atoms with Crippen LogP contribution < -0.4 is 0 Å².